The Bertz CT molecular complexity index is 179. The summed E-state index contributed by atoms with van der Waals surface area (Å²) in [6.45, 7) is 5.65. The molecule has 0 spiro atoms. The molecule has 0 aliphatic carbocycles. The van der Waals surface area contributed by atoms with Gasteiger partial charge < -0.3 is 29.5 Å². The maximum Gasteiger partial charge on any atom is 2.00 e. The summed E-state index contributed by atoms with van der Waals surface area (Å²) in [5.74, 6) is 1.92. The van der Waals surface area contributed by atoms with Crippen molar-refractivity contribution < 1.29 is 21.9 Å². The van der Waals surface area contributed by atoms with E-state index in [0.29, 0.717) is 6.42 Å². The van der Waals surface area contributed by atoms with Crippen molar-refractivity contribution in [3.63, 3.8) is 0 Å². The molecule has 0 N–H and O–H groups in total. The van der Waals surface area contributed by atoms with Crippen LogP contribution >= 0.6 is 0 Å². The molecule has 0 aliphatic rings. The van der Waals surface area contributed by atoms with E-state index in [4.69, 9.17) is 11.2 Å². The molecule has 0 unspecified atom stereocenters. The smallest absolute Gasteiger partial charge is 1.00 e. The Morgan fingerprint density at radius 3 is 2.23 bits per heavy atom. The molecule has 0 heterocycles. The van der Waals surface area contributed by atoms with Gasteiger partial charge in [0.25, 0.3) is 0 Å². The van der Waals surface area contributed by atoms with Crippen LogP contribution in [0.15, 0.2) is 0 Å². The number of hydrogen-bond donors (Lipinski definition) is 0. The number of hydrogen-bond acceptors (Lipinski definition) is 2. The first-order chi connectivity index (χ1) is 4.98. The molecule has 0 fully saturated rings. The van der Waals surface area contributed by atoms with Crippen molar-refractivity contribution in [3.05, 3.63) is 6.42 Å². The van der Waals surface area contributed by atoms with Crippen molar-refractivity contribution in [2.24, 2.45) is 5.41 Å². The van der Waals surface area contributed by atoms with Crippen molar-refractivity contribution in [1.29, 1.82) is 0 Å². The van der Waals surface area contributed by atoms with Gasteiger partial charge in [-0.05, 0) is 20.8 Å². The SMILES string of the molecule is [C-]#CCCOC(=O)C(C)(C)C.[Cl-].[Mg+2]. The fraction of sp³-hybridized carbons (Fsp3) is 0.667. The number of ether oxygens (including phenoxy) is 1. The molecule has 0 aromatic rings. The van der Waals surface area contributed by atoms with Crippen LogP contribution in [0.2, 0.25) is 0 Å². The minimum atomic E-state index is -0.442. The third-order valence-corrected chi connectivity index (χ3v) is 1.07. The Morgan fingerprint density at radius 2 is 1.92 bits per heavy atom. The third kappa shape index (κ3) is 10.0. The monoisotopic (exact) mass is 212 g/mol. The van der Waals surface area contributed by atoms with Crippen LogP contribution in [0.1, 0.15) is 27.2 Å². The first kappa shape index (κ1) is 18.8. The van der Waals surface area contributed by atoms with Crippen LogP contribution in [0.3, 0.4) is 0 Å². The molecule has 0 saturated heterocycles. The Labute approximate surface area is 102 Å². The zero-order chi connectivity index (χ0) is 8.91. The second kappa shape index (κ2) is 8.67. The molecule has 0 saturated carbocycles. The van der Waals surface area contributed by atoms with E-state index in [1.54, 1.807) is 20.8 Å². The van der Waals surface area contributed by atoms with Gasteiger partial charge in [-0.1, -0.05) is 0 Å². The summed E-state index contributed by atoms with van der Waals surface area (Å²) in [5, 5.41) is 0. The van der Waals surface area contributed by atoms with Gasteiger partial charge in [0.1, 0.15) is 0 Å². The summed E-state index contributed by atoms with van der Waals surface area (Å²) in [4.78, 5) is 11.0. The van der Waals surface area contributed by atoms with Crippen LogP contribution in [0.4, 0.5) is 0 Å². The zero-order valence-corrected chi connectivity index (χ0v) is 10.5. The first-order valence-electron chi connectivity index (χ1n) is 3.55. The summed E-state index contributed by atoms with van der Waals surface area (Å²) in [6, 6.07) is 0. The molecular formula is C9H13ClMgO2. The summed E-state index contributed by atoms with van der Waals surface area (Å²) < 4.78 is 4.83. The van der Waals surface area contributed by atoms with E-state index in [1.165, 1.54) is 0 Å². The topological polar surface area (TPSA) is 26.3 Å². The van der Waals surface area contributed by atoms with Crippen LogP contribution < -0.4 is 12.4 Å². The molecule has 0 aromatic carbocycles. The van der Waals surface area contributed by atoms with Crippen LogP contribution in [0, 0.1) is 17.8 Å². The molecule has 70 valence electrons. The predicted molar refractivity (Wildman–Crippen MR) is 47.9 cm³/mol. The van der Waals surface area contributed by atoms with Gasteiger partial charge in [-0.25, -0.2) is 0 Å². The molecule has 0 bridgehead atoms. The largest absolute Gasteiger partial charge is 2.00 e. The van der Waals surface area contributed by atoms with Crippen LogP contribution in [0.25, 0.3) is 0 Å². The fourth-order valence-electron chi connectivity index (χ4n) is 0.411. The van der Waals surface area contributed by atoms with Crippen molar-refractivity contribution in [3.8, 4) is 5.92 Å². The van der Waals surface area contributed by atoms with Gasteiger partial charge in [0.2, 0.25) is 0 Å². The average Bonchev–Trinajstić information content (AvgIpc) is 1.86. The number of rotatable bonds is 2. The third-order valence-electron chi connectivity index (χ3n) is 1.07. The summed E-state index contributed by atoms with van der Waals surface area (Å²) in [5.41, 5.74) is -0.442. The van der Waals surface area contributed by atoms with Crippen molar-refractivity contribution in [1.82, 2.24) is 0 Å². The van der Waals surface area contributed by atoms with E-state index in [0.717, 1.165) is 0 Å². The van der Waals surface area contributed by atoms with Gasteiger partial charge in [0, 0.05) is 6.42 Å². The fourth-order valence-corrected chi connectivity index (χ4v) is 0.411. The molecule has 0 radical (unpaired) electrons. The minimum Gasteiger partial charge on any atom is -1.00 e. The molecule has 0 aliphatic heterocycles. The van der Waals surface area contributed by atoms with Gasteiger partial charge in [-0.2, -0.15) is 0 Å². The summed E-state index contributed by atoms with van der Waals surface area (Å²) in [6.07, 6.45) is 6.94. The van der Waals surface area contributed by atoms with E-state index in [-0.39, 0.29) is 48.0 Å². The molecule has 0 amide bonds. The molecule has 0 rings (SSSR count). The summed E-state index contributed by atoms with van der Waals surface area (Å²) >= 11 is 0. The first-order valence-corrected chi connectivity index (χ1v) is 3.55. The molecular weight excluding hydrogens is 200 g/mol. The minimum absolute atomic E-state index is 0. The van der Waals surface area contributed by atoms with Crippen molar-refractivity contribution in [2.45, 2.75) is 27.2 Å². The second-order valence-electron chi connectivity index (χ2n) is 3.31. The van der Waals surface area contributed by atoms with Gasteiger partial charge in [-0.3, -0.25) is 4.79 Å². The van der Waals surface area contributed by atoms with E-state index in [9.17, 15) is 4.79 Å². The van der Waals surface area contributed by atoms with Gasteiger partial charge >= 0.3 is 29.0 Å². The van der Waals surface area contributed by atoms with Crippen molar-refractivity contribution >= 4 is 29.0 Å². The zero-order valence-electron chi connectivity index (χ0n) is 8.32. The van der Waals surface area contributed by atoms with Crippen LogP contribution in [-0.4, -0.2) is 35.6 Å². The molecule has 0 atom stereocenters. The quantitative estimate of drug-likeness (QED) is 0.177. The number of esters is 1. The predicted octanol–water partition coefficient (Wildman–Crippen LogP) is -1.82. The maximum atomic E-state index is 11.0. The van der Waals surface area contributed by atoms with Gasteiger partial charge in [-0.15, -0.1) is 0 Å². The van der Waals surface area contributed by atoms with Crippen LogP contribution in [-0.2, 0) is 9.53 Å². The summed E-state index contributed by atoms with van der Waals surface area (Å²) in [7, 11) is 0. The number of halogens is 1. The Morgan fingerprint density at radius 1 is 1.46 bits per heavy atom. The van der Waals surface area contributed by atoms with E-state index < -0.39 is 5.41 Å². The van der Waals surface area contributed by atoms with Gasteiger partial charge in [0.15, 0.2) is 0 Å². The maximum absolute atomic E-state index is 11.0. The number of carbonyl (C=O) groups excluding carboxylic acids is 1. The second-order valence-corrected chi connectivity index (χ2v) is 3.31. The average molecular weight is 213 g/mol. The van der Waals surface area contributed by atoms with Crippen molar-refractivity contribution in [2.75, 3.05) is 6.61 Å². The van der Waals surface area contributed by atoms with E-state index in [2.05, 4.69) is 5.92 Å². The normalized spacial score (nSPS) is 8.77. The van der Waals surface area contributed by atoms with E-state index >= 15 is 0 Å². The number of carbonyl (C=O) groups is 1. The molecule has 0 aromatic heterocycles. The molecule has 4 heteroatoms. The standard InChI is InChI=1S/C9H13O2.ClH.Mg/c1-5-6-7-11-8(10)9(2,3)4;;/h6-7H2,2-4H3;1H;/q-1;;+2/p-1. The molecule has 2 nitrogen and oxygen atoms in total. The Hall–Kier alpha value is 0.0862. The Balaban J connectivity index is -0.000000500. The van der Waals surface area contributed by atoms with E-state index in [1.807, 2.05) is 0 Å². The van der Waals surface area contributed by atoms with Crippen LogP contribution in [0.5, 0.6) is 0 Å². The Kier molecular flexibility index (Phi) is 12.5. The molecule has 13 heavy (non-hydrogen) atoms. The van der Waals surface area contributed by atoms with Gasteiger partial charge in [0.05, 0.1) is 12.0 Å².